The zero-order chi connectivity index (χ0) is 22.4. The molecule has 1 saturated heterocycles. The number of nitrogens with zero attached hydrogens (tertiary/aromatic N) is 1. The lowest BCUT2D eigenvalue weighted by Crippen LogP contribution is -2.43. The molecule has 1 heterocycles. The van der Waals surface area contributed by atoms with E-state index in [4.69, 9.17) is 16.3 Å². The fourth-order valence-electron chi connectivity index (χ4n) is 3.46. The van der Waals surface area contributed by atoms with Crippen LogP contribution in [0.2, 0.25) is 5.02 Å². The fourth-order valence-corrected chi connectivity index (χ4v) is 5.11. The van der Waals surface area contributed by atoms with Crippen molar-refractivity contribution in [2.75, 3.05) is 25.0 Å². The molecule has 1 atom stereocenters. The molecule has 166 valence electrons. The van der Waals surface area contributed by atoms with Crippen LogP contribution in [-0.4, -0.2) is 44.3 Å². The maximum atomic E-state index is 12.9. The Morgan fingerprint density at radius 2 is 1.81 bits per heavy atom. The average Bonchev–Trinajstić information content (AvgIpc) is 2.75. The standard InChI is InChI=1S/C22H25ClN2O5S/c1-2-30-21(26)14-16-5-9-19(10-6-16)24-22(27)17-4-3-13-25(15-17)31(28,29)20-11-7-18(23)8-12-20/h5-12,17H,2-4,13-15H2,1H3,(H,24,27)/t17-/m1/s1. The minimum absolute atomic E-state index is 0.123. The highest BCUT2D eigenvalue weighted by Crippen LogP contribution is 2.25. The van der Waals surface area contributed by atoms with Crippen LogP contribution >= 0.6 is 11.6 Å². The number of halogens is 1. The van der Waals surface area contributed by atoms with Crippen molar-refractivity contribution >= 4 is 39.2 Å². The summed E-state index contributed by atoms with van der Waals surface area (Å²) in [7, 11) is -3.69. The minimum Gasteiger partial charge on any atom is -0.466 e. The van der Waals surface area contributed by atoms with Gasteiger partial charge >= 0.3 is 5.97 Å². The van der Waals surface area contributed by atoms with Gasteiger partial charge in [0.2, 0.25) is 15.9 Å². The highest BCUT2D eigenvalue weighted by molar-refractivity contribution is 7.89. The number of amides is 1. The number of rotatable bonds is 7. The number of hydrogen-bond acceptors (Lipinski definition) is 5. The third kappa shape index (κ3) is 6.06. The first kappa shape index (κ1) is 23.2. The summed E-state index contributed by atoms with van der Waals surface area (Å²) < 4.78 is 32.1. The van der Waals surface area contributed by atoms with Crippen LogP contribution in [0.4, 0.5) is 5.69 Å². The Morgan fingerprint density at radius 1 is 1.13 bits per heavy atom. The van der Waals surface area contributed by atoms with Crippen LogP contribution in [0.15, 0.2) is 53.4 Å². The van der Waals surface area contributed by atoms with Crippen LogP contribution in [0.5, 0.6) is 0 Å². The van der Waals surface area contributed by atoms with Crippen LogP contribution in [0.1, 0.15) is 25.3 Å². The van der Waals surface area contributed by atoms with Crippen LogP contribution in [0, 0.1) is 5.92 Å². The van der Waals surface area contributed by atoms with Crippen molar-refractivity contribution in [3.8, 4) is 0 Å². The van der Waals surface area contributed by atoms with Crippen LogP contribution in [0.3, 0.4) is 0 Å². The monoisotopic (exact) mass is 464 g/mol. The second kappa shape index (κ2) is 10.3. The minimum atomic E-state index is -3.69. The molecule has 0 spiro atoms. The summed E-state index contributed by atoms with van der Waals surface area (Å²) in [5.41, 5.74) is 1.38. The largest absolute Gasteiger partial charge is 0.466 e. The van der Waals surface area contributed by atoms with E-state index in [-0.39, 0.29) is 29.7 Å². The third-order valence-electron chi connectivity index (χ3n) is 5.08. The number of nitrogens with one attached hydrogen (secondary N) is 1. The lowest BCUT2D eigenvalue weighted by molar-refractivity contribution is -0.142. The summed E-state index contributed by atoms with van der Waals surface area (Å²) in [6, 6.07) is 13.0. The number of anilines is 1. The second-order valence-corrected chi connectivity index (χ2v) is 9.70. The quantitative estimate of drug-likeness (QED) is 0.633. The Kier molecular flexibility index (Phi) is 7.69. The van der Waals surface area contributed by atoms with Gasteiger partial charge in [-0.05, 0) is 61.7 Å². The molecule has 0 bridgehead atoms. The van der Waals surface area contributed by atoms with Gasteiger partial charge in [-0.2, -0.15) is 4.31 Å². The number of ether oxygens (including phenoxy) is 1. The Labute approximate surface area is 187 Å². The molecule has 9 heteroatoms. The maximum absolute atomic E-state index is 12.9. The molecule has 1 amide bonds. The number of hydrogen-bond donors (Lipinski definition) is 1. The van der Waals surface area contributed by atoms with E-state index in [0.717, 1.165) is 5.56 Å². The molecule has 0 aliphatic carbocycles. The Morgan fingerprint density at radius 3 is 2.45 bits per heavy atom. The smallest absolute Gasteiger partial charge is 0.310 e. The summed E-state index contributed by atoms with van der Waals surface area (Å²) in [6.07, 6.45) is 1.38. The summed E-state index contributed by atoms with van der Waals surface area (Å²) in [4.78, 5) is 24.5. The molecular weight excluding hydrogens is 440 g/mol. The molecule has 0 aromatic heterocycles. The van der Waals surface area contributed by atoms with E-state index in [9.17, 15) is 18.0 Å². The Bertz CT molecular complexity index is 1020. The van der Waals surface area contributed by atoms with E-state index in [1.165, 1.54) is 28.6 Å². The van der Waals surface area contributed by atoms with Crippen molar-refractivity contribution in [1.29, 1.82) is 0 Å². The molecule has 0 unspecified atom stereocenters. The lowest BCUT2D eigenvalue weighted by atomic mass is 9.98. The number of sulfonamides is 1. The van der Waals surface area contributed by atoms with Gasteiger partial charge in [0.25, 0.3) is 0 Å². The van der Waals surface area contributed by atoms with Crippen LogP contribution in [-0.2, 0) is 30.8 Å². The van der Waals surface area contributed by atoms with Crippen molar-refractivity contribution < 1.29 is 22.7 Å². The first-order valence-electron chi connectivity index (χ1n) is 10.1. The molecule has 7 nitrogen and oxygen atoms in total. The summed E-state index contributed by atoms with van der Waals surface area (Å²) in [5.74, 6) is -0.979. The van der Waals surface area contributed by atoms with Crippen LogP contribution < -0.4 is 5.32 Å². The van der Waals surface area contributed by atoms with E-state index >= 15 is 0 Å². The first-order chi connectivity index (χ1) is 14.8. The molecule has 2 aromatic carbocycles. The summed E-state index contributed by atoms with van der Waals surface area (Å²) >= 11 is 5.85. The topological polar surface area (TPSA) is 92.8 Å². The average molecular weight is 465 g/mol. The molecule has 3 rings (SSSR count). The molecule has 1 aliphatic rings. The molecule has 0 saturated carbocycles. The molecule has 1 fully saturated rings. The van der Waals surface area contributed by atoms with E-state index in [1.807, 2.05) is 0 Å². The molecule has 0 radical (unpaired) electrons. The third-order valence-corrected chi connectivity index (χ3v) is 7.21. The lowest BCUT2D eigenvalue weighted by Gasteiger charge is -2.31. The SMILES string of the molecule is CCOC(=O)Cc1ccc(NC(=O)[C@@H]2CCCN(S(=O)(=O)c3ccc(Cl)cc3)C2)cc1. The number of piperidine rings is 1. The normalized spacial score (nSPS) is 17.2. The van der Waals surface area contributed by atoms with Crippen molar-refractivity contribution in [1.82, 2.24) is 4.31 Å². The molecule has 1 N–H and O–H groups in total. The van der Waals surface area contributed by atoms with Crippen LogP contribution in [0.25, 0.3) is 0 Å². The van der Waals surface area contributed by atoms with Crippen molar-refractivity contribution in [2.45, 2.75) is 31.1 Å². The zero-order valence-electron chi connectivity index (χ0n) is 17.2. The highest BCUT2D eigenvalue weighted by atomic mass is 35.5. The van der Waals surface area contributed by atoms with E-state index in [0.29, 0.717) is 36.7 Å². The van der Waals surface area contributed by atoms with E-state index in [2.05, 4.69) is 5.32 Å². The van der Waals surface area contributed by atoms with Gasteiger partial charge in [-0.3, -0.25) is 9.59 Å². The maximum Gasteiger partial charge on any atom is 0.310 e. The van der Waals surface area contributed by atoms with E-state index in [1.54, 1.807) is 31.2 Å². The highest BCUT2D eigenvalue weighted by Gasteiger charge is 2.33. The van der Waals surface area contributed by atoms with Gasteiger partial charge < -0.3 is 10.1 Å². The van der Waals surface area contributed by atoms with Gasteiger partial charge in [-0.1, -0.05) is 23.7 Å². The van der Waals surface area contributed by atoms with Crippen molar-refractivity contribution in [2.24, 2.45) is 5.92 Å². The van der Waals surface area contributed by atoms with Gasteiger partial charge in [-0.15, -0.1) is 0 Å². The van der Waals surface area contributed by atoms with Gasteiger partial charge in [0.1, 0.15) is 0 Å². The molecule has 1 aliphatic heterocycles. The number of carbonyl (C=O) groups is 2. The van der Waals surface area contributed by atoms with Gasteiger partial charge in [-0.25, -0.2) is 8.42 Å². The predicted octanol–water partition coefficient (Wildman–Crippen LogP) is 3.49. The van der Waals surface area contributed by atoms with Gasteiger partial charge in [0.15, 0.2) is 0 Å². The summed E-state index contributed by atoms with van der Waals surface area (Å²) in [5, 5.41) is 3.30. The number of carbonyl (C=O) groups excluding carboxylic acids is 2. The van der Waals surface area contributed by atoms with E-state index < -0.39 is 15.9 Å². The van der Waals surface area contributed by atoms with Gasteiger partial charge in [0, 0.05) is 23.8 Å². The second-order valence-electron chi connectivity index (χ2n) is 7.32. The van der Waals surface area contributed by atoms with Gasteiger partial charge in [0.05, 0.1) is 23.8 Å². The molecular formula is C22H25ClN2O5S. The fraction of sp³-hybridized carbons (Fsp3) is 0.364. The molecule has 2 aromatic rings. The Balaban J connectivity index is 1.62. The number of benzene rings is 2. The predicted molar refractivity (Wildman–Crippen MR) is 118 cm³/mol. The zero-order valence-corrected chi connectivity index (χ0v) is 18.8. The molecule has 31 heavy (non-hydrogen) atoms. The first-order valence-corrected chi connectivity index (χ1v) is 11.9. The van der Waals surface area contributed by atoms with Crippen molar-refractivity contribution in [3.63, 3.8) is 0 Å². The number of esters is 1. The Hall–Kier alpha value is -2.42. The summed E-state index contributed by atoms with van der Waals surface area (Å²) in [6.45, 7) is 2.58. The van der Waals surface area contributed by atoms with Crippen molar-refractivity contribution in [3.05, 3.63) is 59.1 Å².